The zero-order chi connectivity index (χ0) is 26.5. The second kappa shape index (κ2) is 11.1. The van der Waals surface area contributed by atoms with Crippen molar-refractivity contribution in [3.05, 3.63) is 54.1 Å². The summed E-state index contributed by atoms with van der Waals surface area (Å²) in [5.74, 6) is -0.334. The molecule has 1 aliphatic heterocycles. The number of halogens is 3. The van der Waals surface area contributed by atoms with Gasteiger partial charge in [0.05, 0.1) is 36.0 Å². The van der Waals surface area contributed by atoms with Crippen molar-refractivity contribution < 1.29 is 32.2 Å². The first kappa shape index (κ1) is 27.2. The fraction of sp³-hybridized carbons (Fsp3) is 0.462. The van der Waals surface area contributed by atoms with Gasteiger partial charge in [-0.25, -0.2) is 4.79 Å². The van der Waals surface area contributed by atoms with Crippen molar-refractivity contribution >= 4 is 29.1 Å². The van der Waals surface area contributed by atoms with E-state index in [2.05, 4.69) is 5.32 Å². The summed E-state index contributed by atoms with van der Waals surface area (Å²) in [4.78, 5) is 28.4. The molecule has 3 rings (SSSR count). The molecule has 0 fully saturated rings. The lowest BCUT2D eigenvalue weighted by Crippen LogP contribution is -2.53. The molecule has 0 saturated heterocycles. The Hall–Kier alpha value is -3.43. The Morgan fingerprint density at radius 1 is 1.03 bits per heavy atom. The van der Waals surface area contributed by atoms with Crippen LogP contribution in [0.4, 0.5) is 35.0 Å². The highest BCUT2D eigenvalue weighted by molar-refractivity contribution is 5.81. The van der Waals surface area contributed by atoms with E-state index < -0.39 is 23.4 Å². The molecule has 10 heteroatoms. The van der Waals surface area contributed by atoms with Gasteiger partial charge in [-0.1, -0.05) is 12.1 Å². The largest absolute Gasteiger partial charge is 0.466 e. The molecule has 7 nitrogen and oxygen atoms in total. The van der Waals surface area contributed by atoms with E-state index in [9.17, 15) is 22.8 Å². The van der Waals surface area contributed by atoms with Gasteiger partial charge in [-0.3, -0.25) is 4.79 Å². The molecule has 1 N–H and O–H groups in total. The molecule has 1 amide bonds. The maximum Gasteiger partial charge on any atom is 0.416 e. The van der Waals surface area contributed by atoms with Crippen LogP contribution in [0.15, 0.2) is 48.5 Å². The summed E-state index contributed by atoms with van der Waals surface area (Å²) in [7, 11) is 0. The first-order valence-corrected chi connectivity index (χ1v) is 11.8. The smallest absolute Gasteiger partial charge is 0.416 e. The number of nitrogens with one attached hydrogen (secondary N) is 1. The topological polar surface area (TPSA) is 71.1 Å². The molecular formula is C26H32F3N3O4. The number of alkyl halides is 3. The molecular weight excluding hydrogens is 475 g/mol. The summed E-state index contributed by atoms with van der Waals surface area (Å²) in [6.45, 7) is 8.22. The molecule has 36 heavy (non-hydrogen) atoms. The van der Waals surface area contributed by atoms with Crippen molar-refractivity contribution in [2.45, 2.75) is 51.9 Å². The van der Waals surface area contributed by atoms with Crippen molar-refractivity contribution in [1.29, 1.82) is 0 Å². The summed E-state index contributed by atoms with van der Waals surface area (Å²) < 4.78 is 49.7. The maximum atomic E-state index is 13.1. The molecule has 1 atom stereocenters. The van der Waals surface area contributed by atoms with Crippen molar-refractivity contribution in [2.24, 2.45) is 0 Å². The van der Waals surface area contributed by atoms with Crippen LogP contribution in [-0.4, -0.2) is 49.9 Å². The molecule has 2 aromatic rings. The summed E-state index contributed by atoms with van der Waals surface area (Å²) in [5.41, 5.74) is 0.774. The van der Waals surface area contributed by atoms with E-state index in [1.165, 1.54) is 12.1 Å². The van der Waals surface area contributed by atoms with Gasteiger partial charge in [0.15, 0.2) is 0 Å². The zero-order valence-electron chi connectivity index (χ0n) is 20.9. The molecule has 0 spiro atoms. The molecule has 0 radical (unpaired) electrons. The molecule has 1 aliphatic rings. The predicted octanol–water partition coefficient (Wildman–Crippen LogP) is 5.51. The molecule has 1 heterocycles. The van der Waals surface area contributed by atoms with Crippen LogP contribution in [0.25, 0.3) is 0 Å². The molecule has 0 aliphatic carbocycles. The number of para-hydroxylation sites is 2. The number of hydrogen-bond acceptors (Lipinski definition) is 6. The summed E-state index contributed by atoms with van der Waals surface area (Å²) in [6, 6.07) is 12.1. The number of nitrogens with zero attached hydrogens (tertiary/aromatic N) is 2. The van der Waals surface area contributed by atoms with Crippen molar-refractivity contribution in [2.75, 3.05) is 36.0 Å². The number of amides is 1. The van der Waals surface area contributed by atoms with Crippen LogP contribution in [0.2, 0.25) is 0 Å². The fourth-order valence-corrected chi connectivity index (χ4v) is 4.05. The number of alkyl carbamates (subject to hydrolysis) is 1. The molecule has 2 aromatic carbocycles. The highest BCUT2D eigenvalue weighted by atomic mass is 19.4. The minimum atomic E-state index is -4.43. The van der Waals surface area contributed by atoms with Crippen LogP contribution in [0.1, 0.15) is 39.7 Å². The van der Waals surface area contributed by atoms with Crippen LogP contribution in [0.5, 0.6) is 0 Å². The van der Waals surface area contributed by atoms with E-state index in [0.29, 0.717) is 18.8 Å². The average Bonchev–Trinajstić information content (AvgIpc) is 2.80. The fourth-order valence-electron chi connectivity index (χ4n) is 4.05. The van der Waals surface area contributed by atoms with Crippen LogP contribution < -0.4 is 15.1 Å². The van der Waals surface area contributed by atoms with Gasteiger partial charge in [-0.05, 0) is 64.1 Å². The molecule has 196 valence electrons. The second-order valence-corrected chi connectivity index (χ2v) is 9.43. The summed E-state index contributed by atoms with van der Waals surface area (Å²) in [6.07, 6.45) is -4.86. The molecule has 0 saturated carbocycles. The lowest BCUT2D eigenvalue weighted by Gasteiger charge is -2.44. The number of rotatable bonds is 7. The third-order valence-corrected chi connectivity index (χ3v) is 5.57. The number of fused-ring (bicyclic) bond motifs is 1. The third-order valence-electron chi connectivity index (χ3n) is 5.57. The molecule has 0 bridgehead atoms. The number of ether oxygens (including phenoxy) is 2. The summed E-state index contributed by atoms with van der Waals surface area (Å²) >= 11 is 0. The second-order valence-electron chi connectivity index (χ2n) is 9.43. The minimum absolute atomic E-state index is 0.144. The van der Waals surface area contributed by atoms with E-state index in [4.69, 9.17) is 9.47 Å². The van der Waals surface area contributed by atoms with E-state index in [-0.39, 0.29) is 31.6 Å². The predicted molar refractivity (Wildman–Crippen MR) is 132 cm³/mol. The van der Waals surface area contributed by atoms with Gasteiger partial charge in [0, 0.05) is 25.3 Å². The Morgan fingerprint density at radius 2 is 1.67 bits per heavy atom. The summed E-state index contributed by atoms with van der Waals surface area (Å²) in [5, 5.41) is 2.79. The zero-order valence-corrected chi connectivity index (χ0v) is 20.9. The van der Waals surface area contributed by atoms with Gasteiger partial charge in [0.2, 0.25) is 0 Å². The SMILES string of the molecule is CCOC(=O)CCN1c2ccccc2N(c2ccc(C(F)(F)F)cc2)CC1CNC(=O)OC(C)(C)C. The standard InChI is InChI=1S/C26H32F3N3O4/c1-5-35-23(33)14-15-31-20(16-30-24(34)36-25(2,3)4)17-32(22-9-7-6-8-21(22)31)19-12-10-18(11-13-19)26(27,28)29/h6-13,20H,5,14-17H2,1-4H3,(H,30,34). The number of carbonyl (C=O) groups excluding carboxylic acids is 2. The highest BCUT2D eigenvalue weighted by Crippen LogP contribution is 2.40. The Bertz CT molecular complexity index is 1050. The van der Waals surface area contributed by atoms with Crippen molar-refractivity contribution in [3.63, 3.8) is 0 Å². The van der Waals surface area contributed by atoms with Crippen LogP contribution in [-0.2, 0) is 20.4 Å². The van der Waals surface area contributed by atoms with E-state index >= 15 is 0 Å². The van der Waals surface area contributed by atoms with Crippen LogP contribution in [0, 0.1) is 0 Å². The number of benzene rings is 2. The first-order valence-electron chi connectivity index (χ1n) is 11.8. The quantitative estimate of drug-likeness (QED) is 0.499. The average molecular weight is 508 g/mol. The van der Waals surface area contributed by atoms with Gasteiger partial charge < -0.3 is 24.6 Å². The Morgan fingerprint density at radius 3 is 2.25 bits per heavy atom. The van der Waals surface area contributed by atoms with Crippen molar-refractivity contribution in [3.8, 4) is 0 Å². The number of carbonyl (C=O) groups is 2. The van der Waals surface area contributed by atoms with Crippen LogP contribution >= 0.6 is 0 Å². The number of anilines is 3. The van der Waals surface area contributed by atoms with Gasteiger partial charge in [-0.2, -0.15) is 13.2 Å². The van der Waals surface area contributed by atoms with Gasteiger partial charge in [0.25, 0.3) is 0 Å². The highest BCUT2D eigenvalue weighted by Gasteiger charge is 2.34. The Labute approximate surface area is 209 Å². The lowest BCUT2D eigenvalue weighted by molar-refractivity contribution is -0.143. The molecule has 1 unspecified atom stereocenters. The first-order chi connectivity index (χ1) is 16.9. The normalized spacial score (nSPS) is 15.8. The minimum Gasteiger partial charge on any atom is -0.466 e. The number of esters is 1. The van der Waals surface area contributed by atoms with E-state index in [1.54, 1.807) is 27.7 Å². The van der Waals surface area contributed by atoms with Crippen molar-refractivity contribution in [1.82, 2.24) is 5.32 Å². The van der Waals surface area contributed by atoms with Gasteiger partial charge in [0.1, 0.15) is 5.60 Å². The maximum absolute atomic E-state index is 13.1. The Kier molecular flexibility index (Phi) is 8.37. The monoisotopic (exact) mass is 507 g/mol. The van der Waals surface area contributed by atoms with Gasteiger partial charge in [-0.15, -0.1) is 0 Å². The Balaban J connectivity index is 1.91. The molecule has 0 aromatic heterocycles. The lowest BCUT2D eigenvalue weighted by atomic mass is 10.0. The van der Waals surface area contributed by atoms with Gasteiger partial charge >= 0.3 is 18.2 Å². The van der Waals surface area contributed by atoms with Crippen LogP contribution in [0.3, 0.4) is 0 Å². The van der Waals surface area contributed by atoms with E-state index in [1.807, 2.05) is 34.1 Å². The number of hydrogen-bond donors (Lipinski definition) is 1. The van der Waals surface area contributed by atoms with E-state index in [0.717, 1.165) is 23.5 Å². The third kappa shape index (κ3) is 7.05.